The molecule has 6 nitrogen and oxygen atoms in total. The Morgan fingerprint density at radius 1 is 1.77 bits per heavy atom. The van der Waals surface area contributed by atoms with Crippen molar-refractivity contribution in [2.75, 3.05) is 0 Å². The molecule has 0 aliphatic rings. The molecule has 0 saturated heterocycles. The van der Waals surface area contributed by atoms with Crippen LogP contribution in [0.25, 0.3) is 0 Å². The molecule has 1 rings (SSSR count). The van der Waals surface area contributed by atoms with Gasteiger partial charge in [0, 0.05) is 0 Å². The van der Waals surface area contributed by atoms with E-state index in [2.05, 4.69) is 5.10 Å². The molecule has 1 N–H and O–H groups in total. The zero-order valence-corrected chi connectivity index (χ0v) is 7.47. The lowest BCUT2D eigenvalue weighted by atomic mass is 10.1. The molecule has 1 aromatic heterocycles. The molecular formula is C7H11N3O3. The minimum absolute atomic E-state index is 0.204. The summed E-state index contributed by atoms with van der Waals surface area (Å²) in [6.45, 7) is 3.46. The number of aliphatic hydroxyl groups is 1. The Hall–Kier alpha value is -1.43. The van der Waals surface area contributed by atoms with Gasteiger partial charge in [-0.2, -0.15) is 4.68 Å². The fraction of sp³-hybridized carbons (Fsp3) is 0.571. The first kappa shape index (κ1) is 9.66. The number of nitrogens with zero attached hydrogens (tertiary/aromatic N) is 3. The van der Waals surface area contributed by atoms with Crippen LogP contribution in [0.4, 0.5) is 5.82 Å². The van der Waals surface area contributed by atoms with Crippen molar-refractivity contribution in [3.63, 3.8) is 0 Å². The van der Waals surface area contributed by atoms with Crippen molar-refractivity contribution in [3.8, 4) is 0 Å². The van der Waals surface area contributed by atoms with Gasteiger partial charge in [-0.05, 0) is 18.8 Å². The average Bonchev–Trinajstić information content (AvgIpc) is 2.31. The van der Waals surface area contributed by atoms with E-state index in [1.807, 2.05) is 0 Å². The molecule has 1 heterocycles. The van der Waals surface area contributed by atoms with Crippen LogP contribution in [0, 0.1) is 10.1 Å². The molecule has 0 bridgehead atoms. The second-order valence-corrected chi connectivity index (χ2v) is 3.44. The van der Waals surface area contributed by atoms with Gasteiger partial charge in [0.05, 0.1) is 29.5 Å². The van der Waals surface area contributed by atoms with Gasteiger partial charge < -0.3 is 15.2 Å². The maximum absolute atomic E-state index is 10.2. The van der Waals surface area contributed by atoms with Crippen molar-refractivity contribution in [1.29, 1.82) is 0 Å². The van der Waals surface area contributed by atoms with Gasteiger partial charge >= 0.3 is 5.82 Å². The molecule has 6 heteroatoms. The number of hydrogen-bond acceptors (Lipinski definition) is 4. The minimum atomic E-state index is -0.917. The number of rotatable bonds is 3. The average molecular weight is 185 g/mol. The summed E-state index contributed by atoms with van der Waals surface area (Å²) in [6.07, 6.45) is 1.47. The number of hydrogen-bond donors (Lipinski definition) is 1. The minimum Gasteiger partial charge on any atom is -0.388 e. The Bertz CT molecular complexity index is 313. The van der Waals surface area contributed by atoms with Crippen molar-refractivity contribution in [3.05, 3.63) is 22.4 Å². The Balaban J connectivity index is 2.75. The molecule has 0 spiro atoms. The fourth-order valence-corrected chi connectivity index (χ4v) is 0.933. The highest BCUT2D eigenvalue weighted by Crippen LogP contribution is 2.09. The molecule has 0 saturated carbocycles. The van der Waals surface area contributed by atoms with E-state index in [0.29, 0.717) is 0 Å². The van der Waals surface area contributed by atoms with Crippen LogP contribution in [0.2, 0.25) is 0 Å². The summed E-state index contributed by atoms with van der Waals surface area (Å²) in [5.41, 5.74) is -0.917. The van der Waals surface area contributed by atoms with Gasteiger partial charge in [-0.3, -0.25) is 0 Å². The largest absolute Gasteiger partial charge is 0.389 e. The van der Waals surface area contributed by atoms with E-state index in [9.17, 15) is 15.2 Å². The molecule has 0 fully saturated rings. The highest BCUT2D eigenvalue weighted by atomic mass is 16.6. The predicted molar refractivity (Wildman–Crippen MR) is 45.2 cm³/mol. The van der Waals surface area contributed by atoms with Crippen LogP contribution in [-0.4, -0.2) is 25.4 Å². The predicted octanol–water partition coefficient (Wildman–Crippen LogP) is 0.562. The first-order valence-corrected chi connectivity index (χ1v) is 3.79. The highest BCUT2D eigenvalue weighted by Gasteiger charge is 2.18. The highest BCUT2D eigenvalue weighted by molar-refractivity contribution is 5.14. The third-order valence-corrected chi connectivity index (χ3v) is 1.36. The molecule has 13 heavy (non-hydrogen) atoms. The quantitative estimate of drug-likeness (QED) is 0.551. The first-order chi connectivity index (χ1) is 5.88. The van der Waals surface area contributed by atoms with E-state index in [-0.39, 0.29) is 12.4 Å². The van der Waals surface area contributed by atoms with E-state index in [1.165, 1.54) is 16.9 Å². The lowest BCUT2D eigenvalue weighted by molar-refractivity contribution is -0.389. The molecule has 0 aliphatic heterocycles. The first-order valence-electron chi connectivity index (χ1n) is 3.79. The molecule has 72 valence electrons. The molecule has 0 aliphatic carbocycles. The van der Waals surface area contributed by atoms with Gasteiger partial charge in [0.2, 0.25) is 0 Å². The Kier molecular flexibility index (Phi) is 2.33. The Labute approximate surface area is 74.9 Å². The molecule has 0 atom stereocenters. The fourth-order valence-electron chi connectivity index (χ4n) is 0.933. The van der Waals surface area contributed by atoms with E-state index < -0.39 is 10.5 Å². The zero-order valence-electron chi connectivity index (χ0n) is 7.47. The van der Waals surface area contributed by atoms with Crippen molar-refractivity contribution in [1.82, 2.24) is 9.78 Å². The zero-order chi connectivity index (χ0) is 10.1. The van der Waals surface area contributed by atoms with Crippen molar-refractivity contribution in [2.45, 2.75) is 26.0 Å². The summed E-state index contributed by atoms with van der Waals surface area (Å²) in [6, 6.07) is 1.30. The summed E-state index contributed by atoms with van der Waals surface area (Å²) < 4.78 is 1.35. The van der Waals surface area contributed by atoms with Gasteiger partial charge in [-0.25, -0.2) is 0 Å². The van der Waals surface area contributed by atoms with Gasteiger partial charge in [0.15, 0.2) is 0 Å². The lowest BCUT2D eigenvalue weighted by Crippen LogP contribution is -2.26. The van der Waals surface area contributed by atoms with Gasteiger partial charge in [-0.1, -0.05) is 0 Å². The summed E-state index contributed by atoms with van der Waals surface area (Å²) in [7, 11) is 0. The van der Waals surface area contributed by atoms with Crippen LogP contribution in [0.5, 0.6) is 0 Å². The standard InChI is InChI=1S/C7H11N3O3/c1-7(2,11)5-9-4-3-6(8-9)10(12)13/h3-4,11H,5H2,1-2H3. The summed E-state index contributed by atoms with van der Waals surface area (Å²) in [5.74, 6) is -0.204. The SMILES string of the molecule is CC(C)(O)Cn1ccc([N+](=O)[O-])n1. The van der Waals surface area contributed by atoms with Crippen molar-refractivity contribution < 1.29 is 10.0 Å². The number of aromatic nitrogens is 2. The monoisotopic (exact) mass is 185 g/mol. The Morgan fingerprint density at radius 3 is 2.77 bits per heavy atom. The van der Waals surface area contributed by atoms with Gasteiger partial charge in [-0.15, -0.1) is 0 Å². The van der Waals surface area contributed by atoms with Crippen molar-refractivity contribution >= 4 is 5.82 Å². The molecule has 0 radical (unpaired) electrons. The molecular weight excluding hydrogens is 174 g/mol. The Morgan fingerprint density at radius 2 is 2.38 bits per heavy atom. The lowest BCUT2D eigenvalue weighted by Gasteiger charge is -2.13. The second kappa shape index (κ2) is 3.14. The second-order valence-electron chi connectivity index (χ2n) is 3.44. The summed E-state index contributed by atoms with van der Waals surface area (Å²) in [4.78, 5) is 9.68. The molecule has 0 amide bonds. The van der Waals surface area contributed by atoms with Gasteiger partial charge in [0.25, 0.3) is 0 Å². The maximum atomic E-state index is 10.2. The smallest absolute Gasteiger partial charge is 0.388 e. The van der Waals surface area contributed by atoms with Crippen LogP contribution < -0.4 is 0 Å². The van der Waals surface area contributed by atoms with Crippen molar-refractivity contribution in [2.24, 2.45) is 0 Å². The topological polar surface area (TPSA) is 81.2 Å². The number of nitro groups is 1. The molecule has 1 aromatic rings. The summed E-state index contributed by atoms with van der Waals surface area (Å²) in [5, 5.41) is 23.3. The van der Waals surface area contributed by atoms with E-state index in [4.69, 9.17) is 0 Å². The van der Waals surface area contributed by atoms with Crippen LogP contribution >= 0.6 is 0 Å². The van der Waals surface area contributed by atoms with Crippen LogP contribution in [0.15, 0.2) is 12.3 Å². The van der Waals surface area contributed by atoms with E-state index in [0.717, 1.165) is 0 Å². The van der Waals surface area contributed by atoms with Crippen LogP contribution in [0.3, 0.4) is 0 Å². The maximum Gasteiger partial charge on any atom is 0.389 e. The van der Waals surface area contributed by atoms with Crippen LogP contribution in [-0.2, 0) is 6.54 Å². The van der Waals surface area contributed by atoms with E-state index >= 15 is 0 Å². The normalized spacial score (nSPS) is 11.6. The van der Waals surface area contributed by atoms with Gasteiger partial charge in [0.1, 0.15) is 0 Å². The third kappa shape index (κ3) is 2.83. The third-order valence-electron chi connectivity index (χ3n) is 1.36. The molecule has 0 unspecified atom stereocenters. The summed E-state index contributed by atoms with van der Waals surface area (Å²) >= 11 is 0. The molecule has 0 aromatic carbocycles. The van der Waals surface area contributed by atoms with E-state index in [1.54, 1.807) is 13.8 Å². The van der Waals surface area contributed by atoms with Crippen LogP contribution in [0.1, 0.15) is 13.8 Å².